The fraction of sp³-hybridized carbons (Fsp3) is 0.667. The summed E-state index contributed by atoms with van der Waals surface area (Å²) >= 11 is 0. The van der Waals surface area contributed by atoms with E-state index in [1.807, 2.05) is 6.92 Å². The van der Waals surface area contributed by atoms with Crippen molar-refractivity contribution < 1.29 is 39.0 Å². The van der Waals surface area contributed by atoms with Crippen molar-refractivity contribution in [1.29, 1.82) is 0 Å². The predicted molar refractivity (Wildman–Crippen MR) is 107 cm³/mol. The van der Waals surface area contributed by atoms with Crippen molar-refractivity contribution in [1.82, 2.24) is 16.0 Å². The average Bonchev–Trinajstić information content (AvgIpc) is 2.70. The fourth-order valence-corrected chi connectivity index (χ4v) is 2.43. The maximum Gasteiger partial charge on any atom is 0.322 e. The van der Waals surface area contributed by atoms with Crippen molar-refractivity contribution in [3.8, 4) is 0 Å². The summed E-state index contributed by atoms with van der Waals surface area (Å²) in [7, 11) is 0. The van der Waals surface area contributed by atoms with Crippen LogP contribution in [0.1, 0.15) is 46.0 Å². The third-order valence-corrected chi connectivity index (χ3v) is 4.57. The maximum absolute atomic E-state index is 12.7. The number of nitrogens with one attached hydrogen (secondary N) is 3. The van der Waals surface area contributed by atoms with Gasteiger partial charge in [-0.2, -0.15) is 0 Å². The minimum absolute atomic E-state index is 0.201. The second kappa shape index (κ2) is 13.9. The van der Waals surface area contributed by atoms with E-state index in [9.17, 15) is 28.8 Å². The quantitative estimate of drug-likeness (QED) is 0.143. The molecule has 0 aliphatic heterocycles. The molecule has 0 fully saturated rings. The zero-order chi connectivity index (χ0) is 24.1. The molecule has 0 radical (unpaired) electrons. The number of hydrogen-bond donors (Lipinski definition) is 7. The molecule has 0 aliphatic rings. The predicted octanol–water partition coefficient (Wildman–Crippen LogP) is -2.34. The van der Waals surface area contributed by atoms with Gasteiger partial charge in [0.05, 0.1) is 6.04 Å². The molecule has 176 valence electrons. The van der Waals surface area contributed by atoms with Gasteiger partial charge in [-0.1, -0.05) is 20.3 Å². The first-order chi connectivity index (χ1) is 14.4. The fourth-order valence-electron chi connectivity index (χ4n) is 2.43. The van der Waals surface area contributed by atoms with Gasteiger partial charge in [-0.15, -0.1) is 0 Å². The van der Waals surface area contributed by atoms with Gasteiger partial charge in [-0.05, 0) is 18.8 Å². The topological polar surface area (TPSA) is 231 Å². The van der Waals surface area contributed by atoms with Crippen LogP contribution < -0.4 is 27.4 Å². The van der Waals surface area contributed by atoms with Crippen molar-refractivity contribution in [2.45, 2.75) is 64.1 Å². The van der Waals surface area contributed by atoms with E-state index in [1.54, 1.807) is 6.92 Å². The van der Waals surface area contributed by atoms with Crippen LogP contribution in [0.2, 0.25) is 0 Å². The normalized spacial score (nSPS) is 14.4. The molecule has 0 bridgehead atoms. The van der Waals surface area contributed by atoms with Gasteiger partial charge in [0.25, 0.3) is 0 Å². The van der Waals surface area contributed by atoms with Crippen LogP contribution in [0.3, 0.4) is 0 Å². The minimum atomic E-state index is -1.33. The van der Waals surface area contributed by atoms with Gasteiger partial charge in [-0.25, -0.2) is 0 Å². The number of rotatable bonds is 15. The standard InChI is InChI=1S/C18H31N5O8/c1-3-9(2)15(20)18(31)23-11(5-7-13(25)26)17(30)22-10(4-6-12(19)24)16(29)21-8-14(27)28/h9-11,15H,3-8,20H2,1-2H3,(H2,19,24)(H,21,29)(H,22,30)(H,23,31)(H,25,26)(H,27,28). The van der Waals surface area contributed by atoms with Crippen LogP contribution in [0.5, 0.6) is 0 Å². The molecule has 13 nitrogen and oxygen atoms in total. The van der Waals surface area contributed by atoms with Crippen molar-refractivity contribution in [2.24, 2.45) is 17.4 Å². The van der Waals surface area contributed by atoms with Crippen LogP contribution in [0.4, 0.5) is 0 Å². The molecule has 0 rings (SSSR count). The summed E-state index contributed by atoms with van der Waals surface area (Å²) < 4.78 is 0. The van der Waals surface area contributed by atoms with E-state index in [1.165, 1.54) is 0 Å². The Morgan fingerprint density at radius 1 is 0.839 bits per heavy atom. The molecule has 0 saturated heterocycles. The summed E-state index contributed by atoms with van der Waals surface area (Å²) in [6, 6.07) is -3.58. The second-order valence-corrected chi connectivity index (χ2v) is 7.08. The van der Waals surface area contributed by atoms with E-state index in [0.29, 0.717) is 6.42 Å². The third kappa shape index (κ3) is 11.5. The highest BCUT2D eigenvalue weighted by atomic mass is 16.4. The Morgan fingerprint density at radius 2 is 1.35 bits per heavy atom. The molecule has 4 unspecified atom stereocenters. The van der Waals surface area contributed by atoms with Gasteiger partial charge in [0.15, 0.2) is 0 Å². The van der Waals surface area contributed by atoms with E-state index in [2.05, 4.69) is 16.0 Å². The van der Waals surface area contributed by atoms with E-state index >= 15 is 0 Å². The first-order valence-corrected chi connectivity index (χ1v) is 9.74. The number of carboxylic acids is 2. The Kier molecular flexibility index (Phi) is 12.5. The third-order valence-electron chi connectivity index (χ3n) is 4.57. The largest absolute Gasteiger partial charge is 0.481 e. The smallest absolute Gasteiger partial charge is 0.322 e. The first kappa shape index (κ1) is 27.8. The van der Waals surface area contributed by atoms with Crippen molar-refractivity contribution in [3.05, 3.63) is 0 Å². The van der Waals surface area contributed by atoms with Gasteiger partial charge in [0.2, 0.25) is 23.6 Å². The van der Waals surface area contributed by atoms with E-state index in [4.69, 9.17) is 21.7 Å². The lowest BCUT2D eigenvalue weighted by atomic mass is 9.98. The highest BCUT2D eigenvalue weighted by molar-refractivity contribution is 5.94. The molecular formula is C18H31N5O8. The molecule has 4 amide bonds. The molecular weight excluding hydrogens is 414 g/mol. The van der Waals surface area contributed by atoms with E-state index in [0.717, 1.165) is 0 Å². The Balaban J connectivity index is 5.40. The molecule has 0 heterocycles. The van der Waals surface area contributed by atoms with Gasteiger partial charge in [0, 0.05) is 12.8 Å². The van der Waals surface area contributed by atoms with Crippen LogP contribution in [-0.4, -0.2) is 70.5 Å². The molecule has 0 saturated carbocycles. The van der Waals surface area contributed by atoms with Crippen LogP contribution in [-0.2, 0) is 28.8 Å². The van der Waals surface area contributed by atoms with Crippen LogP contribution in [0.15, 0.2) is 0 Å². The second-order valence-electron chi connectivity index (χ2n) is 7.08. The van der Waals surface area contributed by atoms with E-state index in [-0.39, 0.29) is 25.2 Å². The zero-order valence-electron chi connectivity index (χ0n) is 17.6. The molecule has 9 N–H and O–H groups in total. The van der Waals surface area contributed by atoms with Crippen LogP contribution >= 0.6 is 0 Å². The van der Waals surface area contributed by atoms with E-state index < -0.39 is 66.7 Å². The van der Waals surface area contributed by atoms with Crippen molar-refractivity contribution in [2.75, 3.05) is 6.54 Å². The first-order valence-electron chi connectivity index (χ1n) is 9.74. The lowest BCUT2D eigenvalue weighted by Crippen LogP contribution is -2.56. The van der Waals surface area contributed by atoms with Gasteiger partial charge >= 0.3 is 11.9 Å². The van der Waals surface area contributed by atoms with Crippen molar-refractivity contribution >= 4 is 35.6 Å². The molecule has 0 aromatic rings. The van der Waals surface area contributed by atoms with Crippen LogP contribution in [0.25, 0.3) is 0 Å². The highest BCUT2D eigenvalue weighted by Gasteiger charge is 2.29. The number of amides is 4. The number of nitrogens with two attached hydrogens (primary N) is 2. The average molecular weight is 445 g/mol. The Morgan fingerprint density at radius 3 is 1.84 bits per heavy atom. The van der Waals surface area contributed by atoms with Gasteiger partial charge < -0.3 is 37.6 Å². The molecule has 0 spiro atoms. The summed E-state index contributed by atoms with van der Waals surface area (Å²) in [5.74, 6) is -5.90. The number of carbonyl (C=O) groups excluding carboxylic acids is 4. The van der Waals surface area contributed by atoms with Gasteiger partial charge in [-0.3, -0.25) is 28.8 Å². The summed E-state index contributed by atoms with van der Waals surface area (Å²) in [5, 5.41) is 24.4. The number of aliphatic carboxylic acids is 2. The highest BCUT2D eigenvalue weighted by Crippen LogP contribution is 2.08. The summed E-state index contributed by atoms with van der Waals surface area (Å²) in [4.78, 5) is 69.8. The lowest BCUT2D eigenvalue weighted by molar-refractivity contribution is -0.139. The summed E-state index contributed by atoms with van der Waals surface area (Å²) in [5.41, 5.74) is 10.9. The molecule has 0 aromatic carbocycles. The number of primary amides is 1. The molecule has 31 heavy (non-hydrogen) atoms. The number of carboxylic acid groups (broad SMARTS) is 2. The van der Waals surface area contributed by atoms with Crippen molar-refractivity contribution in [3.63, 3.8) is 0 Å². The number of hydrogen-bond acceptors (Lipinski definition) is 7. The Labute approximate surface area is 179 Å². The monoisotopic (exact) mass is 445 g/mol. The van der Waals surface area contributed by atoms with Crippen LogP contribution in [0, 0.1) is 5.92 Å². The number of carbonyl (C=O) groups is 6. The maximum atomic E-state index is 12.7. The zero-order valence-corrected chi connectivity index (χ0v) is 17.6. The SMILES string of the molecule is CCC(C)C(N)C(=O)NC(CCC(=O)O)C(=O)NC(CCC(N)=O)C(=O)NCC(=O)O. The van der Waals surface area contributed by atoms with Gasteiger partial charge in [0.1, 0.15) is 18.6 Å². The summed E-state index contributed by atoms with van der Waals surface area (Å²) in [6.07, 6.45) is -0.637. The molecule has 4 atom stereocenters. The lowest BCUT2D eigenvalue weighted by Gasteiger charge is -2.25. The Bertz CT molecular complexity index is 684. The molecule has 0 aromatic heterocycles. The molecule has 13 heteroatoms. The summed E-state index contributed by atoms with van der Waals surface area (Å²) in [6.45, 7) is 2.85. The minimum Gasteiger partial charge on any atom is -0.481 e. The Hall–Kier alpha value is -3.22. The molecule has 0 aliphatic carbocycles.